The molecule has 7 nitrogen and oxygen atoms in total. The molecule has 3 heterocycles. The average molecular weight is 437 g/mol. The standard InChI is InChI=1S/C23H24N4O3S/c28-31(29,22-5-1-3-17-4-2-9-24-23(17)22)26-19-6-7-21-20(15-19)18(16-25-21)8-10-27-11-13-30-14-12-27/h1-7,9,15-16,25-26H,8,10-14H2. The topological polar surface area (TPSA) is 87.3 Å². The van der Waals surface area contributed by atoms with Gasteiger partial charge < -0.3 is 9.72 Å². The summed E-state index contributed by atoms with van der Waals surface area (Å²) in [6.45, 7) is 4.42. The Morgan fingerprint density at radius 2 is 1.94 bits per heavy atom. The molecule has 0 spiro atoms. The Balaban J connectivity index is 1.41. The van der Waals surface area contributed by atoms with Crippen molar-refractivity contribution in [3.63, 3.8) is 0 Å². The number of aromatic nitrogens is 2. The van der Waals surface area contributed by atoms with Crippen LogP contribution in [0.5, 0.6) is 0 Å². The summed E-state index contributed by atoms with van der Waals surface area (Å²) < 4.78 is 34.4. The van der Waals surface area contributed by atoms with Crippen molar-refractivity contribution in [1.82, 2.24) is 14.9 Å². The monoisotopic (exact) mass is 436 g/mol. The van der Waals surface area contributed by atoms with E-state index in [0.717, 1.165) is 55.6 Å². The third kappa shape index (κ3) is 4.14. The molecule has 4 aromatic rings. The van der Waals surface area contributed by atoms with E-state index in [1.54, 1.807) is 30.5 Å². The maximum absolute atomic E-state index is 13.1. The number of ether oxygens (including phenoxy) is 1. The van der Waals surface area contributed by atoms with Crippen molar-refractivity contribution in [2.24, 2.45) is 0 Å². The zero-order chi connectivity index (χ0) is 21.3. The number of fused-ring (bicyclic) bond motifs is 2. The van der Waals surface area contributed by atoms with Crippen molar-refractivity contribution in [3.05, 3.63) is 66.5 Å². The van der Waals surface area contributed by atoms with E-state index < -0.39 is 10.0 Å². The summed E-state index contributed by atoms with van der Waals surface area (Å²) in [5.41, 5.74) is 3.17. The predicted octanol–water partition coefficient (Wildman–Crippen LogP) is 3.39. The molecule has 31 heavy (non-hydrogen) atoms. The molecule has 2 aromatic carbocycles. The van der Waals surface area contributed by atoms with Crippen molar-refractivity contribution in [2.45, 2.75) is 11.3 Å². The molecule has 0 saturated carbocycles. The van der Waals surface area contributed by atoms with Gasteiger partial charge in [-0.3, -0.25) is 14.6 Å². The summed E-state index contributed by atoms with van der Waals surface area (Å²) in [6.07, 6.45) is 4.51. The summed E-state index contributed by atoms with van der Waals surface area (Å²) >= 11 is 0. The Kier molecular flexibility index (Phi) is 5.35. The highest BCUT2D eigenvalue weighted by atomic mass is 32.2. The van der Waals surface area contributed by atoms with E-state index in [2.05, 4.69) is 19.6 Å². The van der Waals surface area contributed by atoms with Gasteiger partial charge in [0.05, 0.1) is 18.7 Å². The van der Waals surface area contributed by atoms with Gasteiger partial charge in [-0.05, 0) is 42.3 Å². The van der Waals surface area contributed by atoms with Crippen molar-refractivity contribution in [1.29, 1.82) is 0 Å². The van der Waals surface area contributed by atoms with Gasteiger partial charge in [-0.15, -0.1) is 0 Å². The summed E-state index contributed by atoms with van der Waals surface area (Å²) in [7, 11) is -3.78. The van der Waals surface area contributed by atoms with Gasteiger partial charge in [0.2, 0.25) is 0 Å². The first kappa shape index (κ1) is 20.0. The first-order chi connectivity index (χ1) is 15.1. The number of pyridine rings is 1. The molecule has 2 aromatic heterocycles. The minimum Gasteiger partial charge on any atom is -0.379 e. The van der Waals surface area contributed by atoms with Crippen molar-refractivity contribution in [3.8, 4) is 0 Å². The molecule has 1 aliphatic rings. The zero-order valence-electron chi connectivity index (χ0n) is 17.0. The second-order valence-corrected chi connectivity index (χ2v) is 9.37. The molecule has 1 saturated heterocycles. The number of anilines is 1. The van der Waals surface area contributed by atoms with Crippen molar-refractivity contribution >= 4 is 37.5 Å². The van der Waals surface area contributed by atoms with Crippen LogP contribution in [0, 0.1) is 0 Å². The SMILES string of the molecule is O=S(=O)(Nc1ccc2[nH]cc(CCN3CCOCC3)c2c1)c1cccc2cccnc12. The van der Waals surface area contributed by atoms with Gasteiger partial charge in [0.1, 0.15) is 4.90 Å². The van der Waals surface area contributed by atoms with Crippen LogP contribution in [0.25, 0.3) is 21.8 Å². The second kappa shape index (κ2) is 8.30. The second-order valence-electron chi connectivity index (χ2n) is 7.72. The van der Waals surface area contributed by atoms with E-state index in [1.165, 1.54) is 5.56 Å². The Hall–Kier alpha value is -2.94. The summed E-state index contributed by atoms with van der Waals surface area (Å²) in [6, 6.07) is 14.4. The van der Waals surface area contributed by atoms with Crippen LogP contribution in [0.2, 0.25) is 0 Å². The zero-order valence-corrected chi connectivity index (χ0v) is 17.9. The van der Waals surface area contributed by atoms with Gasteiger partial charge in [0.25, 0.3) is 10.0 Å². The number of hydrogen-bond acceptors (Lipinski definition) is 5. The average Bonchev–Trinajstić information content (AvgIpc) is 3.20. The first-order valence-electron chi connectivity index (χ1n) is 10.4. The molecule has 1 aliphatic heterocycles. The molecule has 0 amide bonds. The molecule has 160 valence electrons. The lowest BCUT2D eigenvalue weighted by Crippen LogP contribution is -2.37. The van der Waals surface area contributed by atoms with E-state index in [-0.39, 0.29) is 4.90 Å². The van der Waals surface area contributed by atoms with E-state index >= 15 is 0 Å². The van der Waals surface area contributed by atoms with Gasteiger partial charge in [0.15, 0.2) is 0 Å². The van der Waals surface area contributed by atoms with Crippen LogP contribution in [0.3, 0.4) is 0 Å². The molecular weight excluding hydrogens is 412 g/mol. The Bertz CT molecular complexity index is 1320. The first-order valence-corrected chi connectivity index (χ1v) is 11.9. The van der Waals surface area contributed by atoms with Crippen LogP contribution in [-0.4, -0.2) is 56.1 Å². The van der Waals surface area contributed by atoms with Gasteiger partial charge >= 0.3 is 0 Å². The maximum atomic E-state index is 13.1. The summed E-state index contributed by atoms with van der Waals surface area (Å²) in [4.78, 5) is 10.1. The lowest BCUT2D eigenvalue weighted by atomic mass is 10.1. The number of aromatic amines is 1. The van der Waals surface area contributed by atoms with Gasteiger partial charge in [-0.1, -0.05) is 18.2 Å². The molecule has 0 unspecified atom stereocenters. The normalized spacial score (nSPS) is 15.5. The Morgan fingerprint density at radius 1 is 1.10 bits per heavy atom. The lowest BCUT2D eigenvalue weighted by molar-refractivity contribution is 0.0385. The van der Waals surface area contributed by atoms with E-state index in [9.17, 15) is 8.42 Å². The minimum atomic E-state index is -3.78. The largest absolute Gasteiger partial charge is 0.379 e. The molecule has 0 aliphatic carbocycles. The molecule has 2 N–H and O–H groups in total. The van der Waals surface area contributed by atoms with Gasteiger partial charge in [-0.2, -0.15) is 0 Å². The van der Waals surface area contributed by atoms with E-state index in [1.807, 2.05) is 30.5 Å². The fraction of sp³-hybridized carbons (Fsp3) is 0.261. The molecule has 0 radical (unpaired) electrons. The van der Waals surface area contributed by atoms with Gasteiger partial charge in [0, 0.05) is 54.0 Å². The molecule has 8 heteroatoms. The predicted molar refractivity (Wildman–Crippen MR) is 122 cm³/mol. The number of hydrogen-bond donors (Lipinski definition) is 2. The van der Waals surface area contributed by atoms with Crippen molar-refractivity contribution < 1.29 is 13.2 Å². The number of nitrogens with zero attached hydrogens (tertiary/aromatic N) is 2. The number of nitrogens with one attached hydrogen (secondary N) is 2. The summed E-state index contributed by atoms with van der Waals surface area (Å²) in [5.74, 6) is 0. The van der Waals surface area contributed by atoms with Crippen LogP contribution in [0.4, 0.5) is 5.69 Å². The van der Waals surface area contributed by atoms with Crippen LogP contribution in [0.1, 0.15) is 5.56 Å². The third-order valence-corrected chi connectivity index (χ3v) is 7.12. The lowest BCUT2D eigenvalue weighted by Gasteiger charge is -2.26. The van der Waals surface area contributed by atoms with Crippen LogP contribution in [-0.2, 0) is 21.2 Å². The van der Waals surface area contributed by atoms with Crippen LogP contribution in [0.15, 0.2) is 65.8 Å². The maximum Gasteiger partial charge on any atom is 0.264 e. The quantitative estimate of drug-likeness (QED) is 0.484. The van der Waals surface area contributed by atoms with E-state index in [4.69, 9.17) is 4.74 Å². The molecule has 0 atom stereocenters. The van der Waals surface area contributed by atoms with Gasteiger partial charge in [-0.25, -0.2) is 8.42 Å². The highest BCUT2D eigenvalue weighted by Gasteiger charge is 2.19. The molecule has 5 rings (SSSR count). The number of H-pyrrole nitrogens is 1. The number of benzene rings is 2. The number of sulfonamides is 1. The smallest absolute Gasteiger partial charge is 0.264 e. The fourth-order valence-electron chi connectivity index (χ4n) is 4.06. The van der Waals surface area contributed by atoms with Crippen LogP contribution >= 0.6 is 0 Å². The number of morpholine rings is 1. The molecule has 0 bridgehead atoms. The Labute approximate surface area is 181 Å². The minimum absolute atomic E-state index is 0.173. The summed E-state index contributed by atoms with van der Waals surface area (Å²) in [5, 5.41) is 1.82. The third-order valence-electron chi connectivity index (χ3n) is 5.71. The Morgan fingerprint density at radius 3 is 2.81 bits per heavy atom. The number of rotatable bonds is 6. The van der Waals surface area contributed by atoms with E-state index in [0.29, 0.717) is 11.2 Å². The fourth-order valence-corrected chi connectivity index (χ4v) is 5.29. The van der Waals surface area contributed by atoms with Crippen LogP contribution < -0.4 is 4.72 Å². The highest BCUT2D eigenvalue weighted by Crippen LogP contribution is 2.27. The van der Waals surface area contributed by atoms with Crippen molar-refractivity contribution in [2.75, 3.05) is 37.6 Å². The molecule has 1 fully saturated rings. The number of para-hydroxylation sites is 1. The molecular formula is C23H24N4O3S. The highest BCUT2D eigenvalue weighted by molar-refractivity contribution is 7.93.